The lowest BCUT2D eigenvalue weighted by molar-refractivity contribution is 0.179. The average Bonchev–Trinajstić information content (AvgIpc) is 2.53. The van der Waals surface area contributed by atoms with Gasteiger partial charge in [-0.05, 0) is 38.2 Å². The van der Waals surface area contributed by atoms with E-state index in [1.165, 1.54) is 5.57 Å². The number of rotatable bonds is 5. The molecule has 1 aliphatic rings. The number of aliphatic hydroxyl groups is 1. The molecule has 1 aliphatic carbocycles. The highest BCUT2D eigenvalue weighted by Crippen LogP contribution is 2.31. The molecule has 114 valence electrons. The van der Waals surface area contributed by atoms with Crippen LogP contribution in [0, 0.1) is 0 Å². The Kier molecular flexibility index (Phi) is 6.10. The average molecular weight is 286 g/mol. The molecule has 1 atom stereocenters. The Labute approximate surface area is 128 Å². The largest absolute Gasteiger partial charge is 0.496 e. The molecule has 0 heterocycles. The number of para-hydroxylation sites is 1. The zero-order chi connectivity index (χ0) is 15.1. The predicted octanol–water partition coefficient (Wildman–Crippen LogP) is 4.73. The molecule has 2 rings (SSSR count). The SMILES string of the molecule is CCCCC(=C=C1CCCC[C@H]1O)c1ccccc1OC. The summed E-state index contributed by atoms with van der Waals surface area (Å²) >= 11 is 0. The van der Waals surface area contributed by atoms with Crippen molar-refractivity contribution < 1.29 is 9.84 Å². The highest BCUT2D eigenvalue weighted by atomic mass is 16.5. The second kappa shape index (κ2) is 8.07. The molecular weight excluding hydrogens is 260 g/mol. The minimum absolute atomic E-state index is 0.315. The zero-order valence-electron chi connectivity index (χ0n) is 13.2. The van der Waals surface area contributed by atoms with E-state index >= 15 is 0 Å². The minimum atomic E-state index is -0.315. The molecule has 1 fully saturated rings. The number of hydrogen-bond donors (Lipinski definition) is 1. The van der Waals surface area contributed by atoms with Crippen LogP contribution in [0.3, 0.4) is 0 Å². The van der Waals surface area contributed by atoms with Gasteiger partial charge in [0.1, 0.15) is 5.75 Å². The maximum Gasteiger partial charge on any atom is 0.126 e. The van der Waals surface area contributed by atoms with Gasteiger partial charge in [0.25, 0.3) is 0 Å². The Morgan fingerprint density at radius 3 is 2.86 bits per heavy atom. The Bertz CT molecular complexity index is 524. The second-order valence-electron chi connectivity index (χ2n) is 5.69. The first-order chi connectivity index (χ1) is 10.3. The smallest absolute Gasteiger partial charge is 0.126 e. The molecule has 1 aromatic rings. The quantitative estimate of drug-likeness (QED) is 0.793. The third-order valence-electron chi connectivity index (χ3n) is 4.10. The first kappa shape index (κ1) is 15.9. The van der Waals surface area contributed by atoms with Crippen LogP contribution in [0.4, 0.5) is 0 Å². The monoisotopic (exact) mass is 286 g/mol. The molecule has 1 N–H and O–H groups in total. The van der Waals surface area contributed by atoms with E-state index in [-0.39, 0.29) is 6.10 Å². The first-order valence-electron chi connectivity index (χ1n) is 8.06. The van der Waals surface area contributed by atoms with Crippen molar-refractivity contribution in [3.63, 3.8) is 0 Å². The molecule has 1 aromatic carbocycles. The summed E-state index contributed by atoms with van der Waals surface area (Å²) in [5.41, 5.74) is 6.88. The lowest BCUT2D eigenvalue weighted by atomic mass is 9.90. The number of methoxy groups -OCH3 is 1. The molecule has 0 aromatic heterocycles. The van der Waals surface area contributed by atoms with Crippen LogP contribution in [0.15, 0.2) is 35.6 Å². The van der Waals surface area contributed by atoms with Crippen LogP contribution in [-0.2, 0) is 0 Å². The molecular formula is C19H26O2. The summed E-state index contributed by atoms with van der Waals surface area (Å²) < 4.78 is 5.49. The maximum atomic E-state index is 10.2. The minimum Gasteiger partial charge on any atom is -0.496 e. The topological polar surface area (TPSA) is 29.5 Å². The Hall–Kier alpha value is -1.50. The lowest BCUT2D eigenvalue weighted by Gasteiger charge is -2.19. The van der Waals surface area contributed by atoms with E-state index < -0.39 is 0 Å². The van der Waals surface area contributed by atoms with Crippen molar-refractivity contribution in [3.8, 4) is 5.75 Å². The summed E-state index contributed by atoms with van der Waals surface area (Å²) in [4.78, 5) is 0. The Morgan fingerprint density at radius 1 is 1.33 bits per heavy atom. The van der Waals surface area contributed by atoms with Gasteiger partial charge in [0.05, 0.1) is 13.2 Å². The van der Waals surface area contributed by atoms with E-state index in [9.17, 15) is 5.11 Å². The van der Waals surface area contributed by atoms with Gasteiger partial charge in [0, 0.05) is 16.7 Å². The fourth-order valence-electron chi connectivity index (χ4n) is 2.85. The normalized spacial score (nSPS) is 18.2. The molecule has 0 unspecified atom stereocenters. The lowest BCUT2D eigenvalue weighted by Crippen LogP contribution is -2.14. The van der Waals surface area contributed by atoms with Crippen LogP contribution in [0.25, 0.3) is 5.57 Å². The number of benzene rings is 1. The van der Waals surface area contributed by atoms with Gasteiger partial charge in [-0.1, -0.05) is 38.0 Å². The molecule has 21 heavy (non-hydrogen) atoms. The first-order valence-corrected chi connectivity index (χ1v) is 8.06. The van der Waals surface area contributed by atoms with Gasteiger partial charge in [0.15, 0.2) is 0 Å². The molecule has 0 bridgehead atoms. The predicted molar refractivity (Wildman–Crippen MR) is 87.4 cm³/mol. The van der Waals surface area contributed by atoms with Crippen molar-refractivity contribution in [2.24, 2.45) is 0 Å². The molecule has 0 spiro atoms. The summed E-state index contributed by atoms with van der Waals surface area (Å²) in [6.45, 7) is 2.20. The third kappa shape index (κ3) is 4.23. The van der Waals surface area contributed by atoms with E-state index in [0.717, 1.165) is 61.8 Å². The van der Waals surface area contributed by atoms with Crippen molar-refractivity contribution in [2.75, 3.05) is 7.11 Å². The summed E-state index contributed by atoms with van der Waals surface area (Å²) in [6, 6.07) is 8.10. The van der Waals surface area contributed by atoms with Gasteiger partial charge in [0.2, 0.25) is 0 Å². The van der Waals surface area contributed by atoms with Crippen LogP contribution in [0.5, 0.6) is 5.75 Å². The number of ether oxygens (including phenoxy) is 1. The van der Waals surface area contributed by atoms with Gasteiger partial charge < -0.3 is 9.84 Å². The maximum absolute atomic E-state index is 10.2. The molecule has 0 amide bonds. The van der Waals surface area contributed by atoms with E-state index in [0.29, 0.717) is 0 Å². The fourth-order valence-corrected chi connectivity index (χ4v) is 2.85. The van der Waals surface area contributed by atoms with Crippen molar-refractivity contribution >= 4 is 5.57 Å². The summed E-state index contributed by atoms with van der Waals surface area (Å²) in [5.74, 6) is 0.891. The van der Waals surface area contributed by atoms with E-state index in [1.807, 2.05) is 18.2 Å². The summed E-state index contributed by atoms with van der Waals surface area (Å²) in [6.07, 6.45) is 7.05. The van der Waals surface area contributed by atoms with Crippen molar-refractivity contribution in [1.29, 1.82) is 0 Å². The van der Waals surface area contributed by atoms with E-state index in [1.54, 1.807) is 7.11 Å². The van der Waals surface area contributed by atoms with Gasteiger partial charge in [-0.3, -0.25) is 0 Å². The van der Waals surface area contributed by atoms with Crippen molar-refractivity contribution in [3.05, 3.63) is 41.1 Å². The van der Waals surface area contributed by atoms with Crippen LogP contribution in [0.1, 0.15) is 57.4 Å². The van der Waals surface area contributed by atoms with Gasteiger partial charge in [-0.2, -0.15) is 0 Å². The molecule has 2 heteroatoms. The molecule has 0 radical (unpaired) electrons. The molecule has 2 nitrogen and oxygen atoms in total. The fraction of sp³-hybridized carbons (Fsp3) is 0.526. The second-order valence-corrected chi connectivity index (χ2v) is 5.69. The number of aliphatic hydroxyl groups excluding tert-OH is 1. The highest BCUT2D eigenvalue weighted by molar-refractivity contribution is 5.70. The van der Waals surface area contributed by atoms with E-state index in [2.05, 4.69) is 18.7 Å². The molecule has 1 saturated carbocycles. The van der Waals surface area contributed by atoms with Gasteiger partial charge in [-0.25, -0.2) is 0 Å². The molecule has 0 saturated heterocycles. The Morgan fingerprint density at radius 2 is 2.14 bits per heavy atom. The number of hydrogen-bond acceptors (Lipinski definition) is 2. The van der Waals surface area contributed by atoms with Crippen LogP contribution >= 0.6 is 0 Å². The highest BCUT2D eigenvalue weighted by Gasteiger charge is 2.16. The van der Waals surface area contributed by atoms with Crippen molar-refractivity contribution in [1.82, 2.24) is 0 Å². The van der Waals surface area contributed by atoms with Crippen LogP contribution in [0.2, 0.25) is 0 Å². The number of unbranched alkanes of at least 4 members (excludes halogenated alkanes) is 1. The Balaban J connectivity index is 2.44. The summed E-state index contributed by atoms with van der Waals surface area (Å²) in [5, 5.41) is 10.2. The van der Waals surface area contributed by atoms with Gasteiger partial charge in [-0.15, -0.1) is 5.73 Å². The zero-order valence-corrected chi connectivity index (χ0v) is 13.2. The van der Waals surface area contributed by atoms with Crippen LogP contribution in [-0.4, -0.2) is 18.3 Å². The standard InChI is InChI=1S/C19H26O2/c1-3-4-9-15(14-16-10-5-7-12-18(16)20)17-11-6-8-13-19(17)21-2/h6,8,11,13,18,20H,3-5,7,9-10,12H2,1-2H3/t14?,18-/m1/s1. The van der Waals surface area contributed by atoms with E-state index in [4.69, 9.17) is 4.74 Å². The van der Waals surface area contributed by atoms with Crippen molar-refractivity contribution in [2.45, 2.75) is 58.0 Å². The van der Waals surface area contributed by atoms with Gasteiger partial charge >= 0.3 is 0 Å². The van der Waals surface area contributed by atoms with Crippen LogP contribution < -0.4 is 4.74 Å². The summed E-state index contributed by atoms with van der Waals surface area (Å²) in [7, 11) is 1.71. The third-order valence-corrected chi connectivity index (χ3v) is 4.10. The molecule has 0 aliphatic heterocycles.